The predicted molar refractivity (Wildman–Crippen MR) is 231 cm³/mol. The molecule has 4 fully saturated rings. The van der Waals surface area contributed by atoms with Crippen LogP contribution in [-0.4, -0.2) is 49.6 Å². The fraction of sp³-hybridized carbons (Fsp3) is 0.960. The van der Waals surface area contributed by atoms with Crippen molar-refractivity contribution in [3.05, 3.63) is 0 Å². The van der Waals surface area contributed by atoms with E-state index in [2.05, 4.69) is 13.8 Å². The molecule has 2 saturated heterocycles. The molecule has 2 aliphatic heterocycles. The number of epoxide rings is 2. The summed E-state index contributed by atoms with van der Waals surface area (Å²) in [5.41, 5.74) is 0. The minimum atomic E-state index is 0.0219. The smallest absolute Gasteiger partial charge is 0.309 e. The Labute approximate surface area is 345 Å². The molecule has 0 aromatic carbocycles. The van der Waals surface area contributed by atoms with Gasteiger partial charge >= 0.3 is 11.9 Å². The molecule has 2 saturated carbocycles. The molecule has 0 aromatic heterocycles. The van der Waals surface area contributed by atoms with Gasteiger partial charge in [-0.3, -0.25) is 9.59 Å². The molecule has 8 unspecified atom stereocenters. The summed E-state index contributed by atoms with van der Waals surface area (Å²) in [6.45, 7) is 5.83. The number of hydrogen-bond acceptors (Lipinski definition) is 6. The Morgan fingerprint density at radius 3 is 1.04 bits per heavy atom. The average Bonchev–Trinajstić information content (AvgIpc) is 4.15. The summed E-state index contributed by atoms with van der Waals surface area (Å²) in [5.74, 6) is 1.99. The fourth-order valence-corrected chi connectivity index (χ4v) is 10.2. The van der Waals surface area contributed by atoms with E-state index in [0.717, 1.165) is 63.2 Å². The van der Waals surface area contributed by atoms with E-state index in [4.69, 9.17) is 18.9 Å². The van der Waals surface area contributed by atoms with E-state index in [9.17, 15) is 9.59 Å². The molecule has 4 aliphatic rings. The summed E-state index contributed by atoms with van der Waals surface area (Å²) in [6, 6.07) is 0. The summed E-state index contributed by atoms with van der Waals surface area (Å²) in [5, 5.41) is 0. The van der Waals surface area contributed by atoms with Crippen molar-refractivity contribution >= 4 is 11.9 Å². The minimum Gasteiger partial charge on any atom is -0.465 e. The Balaban J connectivity index is 1.11. The van der Waals surface area contributed by atoms with Gasteiger partial charge in [0.2, 0.25) is 0 Å². The zero-order valence-corrected chi connectivity index (χ0v) is 36.9. The molecule has 56 heavy (non-hydrogen) atoms. The van der Waals surface area contributed by atoms with Gasteiger partial charge in [0.05, 0.1) is 49.5 Å². The lowest BCUT2D eigenvalue weighted by Crippen LogP contribution is -2.24. The molecule has 0 radical (unpaired) electrons. The van der Waals surface area contributed by atoms with Crippen LogP contribution < -0.4 is 0 Å². The second-order valence-corrected chi connectivity index (χ2v) is 18.9. The standard InChI is InChI=1S/C50H90O6/c1-3-5-7-9-11-17-23-29-41(31-25-19-13-15-21-27-37-53-49(51)43-33-35-45-47(39-43)55-45)42(30-24-18-12-10-8-6-4-2)32-26-20-14-16-22-28-38-54-50(52)44-34-36-46-48(40-44)56-46/h41-48H,3-40H2,1-2H3. The van der Waals surface area contributed by atoms with Crippen LogP contribution in [0.4, 0.5) is 0 Å². The van der Waals surface area contributed by atoms with Crippen LogP contribution in [0.15, 0.2) is 0 Å². The molecule has 6 nitrogen and oxygen atoms in total. The summed E-state index contributed by atoms with van der Waals surface area (Å²) < 4.78 is 22.5. The molecular weight excluding hydrogens is 697 g/mol. The van der Waals surface area contributed by atoms with E-state index in [0.29, 0.717) is 37.6 Å². The van der Waals surface area contributed by atoms with Crippen molar-refractivity contribution in [1.82, 2.24) is 0 Å². The molecule has 2 aliphatic carbocycles. The Morgan fingerprint density at radius 1 is 0.411 bits per heavy atom. The largest absolute Gasteiger partial charge is 0.465 e. The maximum atomic E-state index is 12.5. The lowest BCUT2D eigenvalue weighted by molar-refractivity contribution is -0.150. The van der Waals surface area contributed by atoms with Crippen molar-refractivity contribution in [3.8, 4) is 0 Å². The number of unbranched alkanes of at least 4 members (excludes halogenated alkanes) is 22. The van der Waals surface area contributed by atoms with E-state index < -0.39 is 0 Å². The first-order valence-electron chi connectivity index (χ1n) is 25.2. The molecule has 0 bridgehead atoms. The number of carbonyl (C=O) groups is 2. The molecule has 0 spiro atoms. The average molecular weight is 787 g/mol. The van der Waals surface area contributed by atoms with Gasteiger partial charge in [0, 0.05) is 0 Å². The molecule has 0 N–H and O–H groups in total. The Kier molecular flexibility index (Phi) is 25.4. The monoisotopic (exact) mass is 787 g/mol. The Bertz CT molecular complexity index is 922. The van der Waals surface area contributed by atoms with Crippen LogP contribution in [0.25, 0.3) is 0 Å². The molecule has 2 heterocycles. The lowest BCUT2D eigenvalue weighted by Gasteiger charge is -2.28. The van der Waals surface area contributed by atoms with E-state index in [-0.39, 0.29) is 23.8 Å². The minimum absolute atomic E-state index is 0.0219. The van der Waals surface area contributed by atoms with Gasteiger partial charge in [-0.25, -0.2) is 0 Å². The summed E-state index contributed by atoms with van der Waals surface area (Å²) in [4.78, 5) is 24.9. The third-order valence-corrected chi connectivity index (χ3v) is 14.1. The van der Waals surface area contributed by atoms with Gasteiger partial charge < -0.3 is 18.9 Å². The van der Waals surface area contributed by atoms with E-state index >= 15 is 0 Å². The fourth-order valence-electron chi connectivity index (χ4n) is 10.2. The first kappa shape index (κ1) is 47.5. The molecule has 0 aromatic rings. The molecule has 6 heteroatoms. The van der Waals surface area contributed by atoms with E-state index in [1.54, 1.807) is 0 Å². The summed E-state index contributed by atoms with van der Waals surface area (Å²) in [6.07, 6.45) is 47.7. The van der Waals surface area contributed by atoms with Crippen molar-refractivity contribution in [3.63, 3.8) is 0 Å². The van der Waals surface area contributed by atoms with Crippen molar-refractivity contribution in [2.24, 2.45) is 23.7 Å². The van der Waals surface area contributed by atoms with Gasteiger partial charge in [-0.15, -0.1) is 0 Å². The van der Waals surface area contributed by atoms with Crippen LogP contribution in [-0.2, 0) is 28.5 Å². The number of hydrogen-bond donors (Lipinski definition) is 0. The zero-order valence-electron chi connectivity index (χ0n) is 36.9. The van der Waals surface area contributed by atoms with E-state index in [1.807, 2.05) is 0 Å². The van der Waals surface area contributed by atoms with Gasteiger partial charge in [-0.1, -0.05) is 194 Å². The Morgan fingerprint density at radius 2 is 0.714 bits per heavy atom. The second kappa shape index (κ2) is 30.0. The normalized spacial score (nSPS) is 24.9. The summed E-state index contributed by atoms with van der Waals surface area (Å²) in [7, 11) is 0. The number of rotatable bonds is 37. The van der Waals surface area contributed by atoms with Crippen molar-refractivity contribution in [2.75, 3.05) is 13.2 Å². The number of carbonyl (C=O) groups excluding carboxylic acids is 2. The highest BCUT2D eigenvalue weighted by molar-refractivity contribution is 5.73. The third-order valence-electron chi connectivity index (χ3n) is 14.1. The number of esters is 2. The van der Waals surface area contributed by atoms with Gasteiger partial charge in [0.25, 0.3) is 0 Å². The van der Waals surface area contributed by atoms with Crippen LogP contribution in [0.3, 0.4) is 0 Å². The topological polar surface area (TPSA) is 77.7 Å². The highest BCUT2D eigenvalue weighted by atomic mass is 16.6. The molecule has 0 amide bonds. The predicted octanol–water partition coefficient (Wildman–Crippen LogP) is 14.2. The van der Waals surface area contributed by atoms with Crippen LogP contribution in [0.5, 0.6) is 0 Å². The SMILES string of the molecule is CCCCCCCCCC(CCCCCCCCOC(=O)C1CCC2OC2C1)C(CCCCCCCCC)CCCCCCCCOC(=O)C1CCC2OC2C1. The van der Waals surface area contributed by atoms with Crippen LogP contribution >= 0.6 is 0 Å². The van der Waals surface area contributed by atoms with Crippen LogP contribution in [0.1, 0.15) is 245 Å². The van der Waals surface area contributed by atoms with Crippen molar-refractivity contribution in [2.45, 2.75) is 269 Å². The van der Waals surface area contributed by atoms with Gasteiger partial charge in [0.15, 0.2) is 0 Å². The van der Waals surface area contributed by atoms with Crippen LogP contribution in [0.2, 0.25) is 0 Å². The molecule has 326 valence electrons. The van der Waals surface area contributed by atoms with Crippen molar-refractivity contribution in [1.29, 1.82) is 0 Å². The first-order chi connectivity index (χ1) is 27.6. The maximum absolute atomic E-state index is 12.5. The lowest BCUT2D eigenvalue weighted by atomic mass is 9.78. The zero-order chi connectivity index (χ0) is 39.5. The number of fused-ring (bicyclic) bond motifs is 2. The molecular formula is C50H90O6. The van der Waals surface area contributed by atoms with Gasteiger partial charge in [0.1, 0.15) is 0 Å². The third kappa shape index (κ3) is 20.7. The highest BCUT2D eigenvalue weighted by Gasteiger charge is 2.47. The highest BCUT2D eigenvalue weighted by Crippen LogP contribution is 2.41. The van der Waals surface area contributed by atoms with Gasteiger partial charge in [-0.05, 0) is 63.2 Å². The van der Waals surface area contributed by atoms with Crippen molar-refractivity contribution < 1.29 is 28.5 Å². The van der Waals surface area contributed by atoms with Crippen LogP contribution in [0, 0.1) is 23.7 Å². The van der Waals surface area contributed by atoms with E-state index in [1.165, 1.54) is 180 Å². The second-order valence-electron chi connectivity index (χ2n) is 18.9. The molecule has 8 atom stereocenters. The Hall–Kier alpha value is -1.14. The number of ether oxygens (including phenoxy) is 4. The first-order valence-corrected chi connectivity index (χ1v) is 25.2. The summed E-state index contributed by atoms with van der Waals surface area (Å²) >= 11 is 0. The maximum Gasteiger partial charge on any atom is 0.309 e. The van der Waals surface area contributed by atoms with Gasteiger partial charge in [-0.2, -0.15) is 0 Å². The molecule has 4 rings (SSSR count). The quantitative estimate of drug-likeness (QED) is 0.0354.